The first-order valence-electron chi connectivity index (χ1n) is 5.65. The van der Waals surface area contributed by atoms with Crippen LogP contribution in [0.25, 0.3) is 0 Å². The summed E-state index contributed by atoms with van der Waals surface area (Å²) in [6.07, 6.45) is 4.43. The summed E-state index contributed by atoms with van der Waals surface area (Å²) in [5.74, 6) is 1.07. The highest BCUT2D eigenvalue weighted by molar-refractivity contribution is 5.79. The second-order valence-corrected chi connectivity index (χ2v) is 4.47. The fourth-order valence-electron chi connectivity index (χ4n) is 1.68. The van der Waals surface area contributed by atoms with Gasteiger partial charge in [-0.3, -0.25) is 4.79 Å². The van der Waals surface area contributed by atoms with Crippen LogP contribution >= 0.6 is 0 Å². The highest BCUT2D eigenvalue weighted by Gasteiger charge is 2.32. The molecule has 0 heterocycles. The van der Waals surface area contributed by atoms with Crippen LogP contribution in [0, 0.1) is 11.8 Å². The summed E-state index contributed by atoms with van der Waals surface area (Å²) in [5, 5.41) is 3.04. The maximum absolute atomic E-state index is 11.7. The Morgan fingerprint density at radius 1 is 1.50 bits per heavy atom. The maximum Gasteiger partial charge on any atom is 0.223 e. The van der Waals surface area contributed by atoms with Crippen molar-refractivity contribution in [2.45, 2.75) is 45.6 Å². The molecule has 3 nitrogen and oxygen atoms in total. The molecule has 14 heavy (non-hydrogen) atoms. The number of carbonyl (C=O) groups is 1. The lowest BCUT2D eigenvalue weighted by atomic mass is 10.0. The van der Waals surface area contributed by atoms with E-state index in [-0.39, 0.29) is 17.9 Å². The molecular formula is C11H22N2O. The Morgan fingerprint density at radius 2 is 2.14 bits per heavy atom. The summed E-state index contributed by atoms with van der Waals surface area (Å²) in [6, 6.07) is 0.271. The highest BCUT2D eigenvalue weighted by Crippen LogP contribution is 2.36. The molecule has 3 heteroatoms. The summed E-state index contributed by atoms with van der Waals surface area (Å²) in [5.41, 5.74) is 5.41. The second-order valence-electron chi connectivity index (χ2n) is 4.47. The Morgan fingerprint density at radius 3 is 2.64 bits per heavy atom. The van der Waals surface area contributed by atoms with Crippen molar-refractivity contribution in [1.82, 2.24) is 5.32 Å². The van der Waals surface area contributed by atoms with Crippen molar-refractivity contribution in [3.05, 3.63) is 0 Å². The molecule has 1 amide bonds. The third kappa shape index (κ3) is 3.66. The van der Waals surface area contributed by atoms with Gasteiger partial charge in [0.1, 0.15) is 0 Å². The van der Waals surface area contributed by atoms with Gasteiger partial charge in [0.25, 0.3) is 0 Å². The average Bonchev–Trinajstić information content (AvgIpc) is 2.96. The Labute approximate surface area is 86.4 Å². The van der Waals surface area contributed by atoms with Crippen molar-refractivity contribution in [1.29, 1.82) is 0 Å². The molecule has 1 aliphatic rings. The van der Waals surface area contributed by atoms with E-state index in [0.29, 0.717) is 12.5 Å². The van der Waals surface area contributed by atoms with Crippen LogP contribution in [-0.4, -0.2) is 18.5 Å². The van der Waals surface area contributed by atoms with Crippen molar-refractivity contribution in [3.63, 3.8) is 0 Å². The zero-order valence-corrected chi connectivity index (χ0v) is 9.25. The maximum atomic E-state index is 11.7. The van der Waals surface area contributed by atoms with Crippen molar-refractivity contribution < 1.29 is 4.79 Å². The highest BCUT2D eigenvalue weighted by atomic mass is 16.1. The van der Waals surface area contributed by atoms with Gasteiger partial charge in [-0.2, -0.15) is 0 Å². The number of rotatable bonds is 6. The zero-order valence-electron chi connectivity index (χ0n) is 9.25. The van der Waals surface area contributed by atoms with E-state index in [1.807, 2.05) is 13.8 Å². The van der Waals surface area contributed by atoms with E-state index in [4.69, 9.17) is 5.73 Å². The molecule has 0 aromatic carbocycles. The number of hydrogen-bond donors (Lipinski definition) is 2. The first-order valence-corrected chi connectivity index (χ1v) is 5.65. The molecule has 3 N–H and O–H groups in total. The fourth-order valence-corrected chi connectivity index (χ4v) is 1.68. The van der Waals surface area contributed by atoms with Gasteiger partial charge in [-0.15, -0.1) is 0 Å². The van der Waals surface area contributed by atoms with Crippen LogP contribution in [0.2, 0.25) is 0 Å². The monoisotopic (exact) mass is 198 g/mol. The standard InChI is InChI=1S/C11H22N2O/c1-8(4-3-7-12)13-11(14)9(2)10-5-6-10/h8-10H,3-7,12H2,1-2H3,(H,13,14). The topological polar surface area (TPSA) is 55.1 Å². The smallest absolute Gasteiger partial charge is 0.223 e. The number of hydrogen-bond acceptors (Lipinski definition) is 2. The molecule has 0 aromatic heterocycles. The molecule has 1 aliphatic carbocycles. The van der Waals surface area contributed by atoms with Crippen molar-refractivity contribution in [3.8, 4) is 0 Å². The molecule has 2 unspecified atom stereocenters. The summed E-state index contributed by atoms with van der Waals surface area (Å²) < 4.78 is 0. The van der Waals surface area contributed by atoms with Gasteiger partial charge in [0.15, 0.2) is 0 Å². The van der Waals surface area contributed by atoms with Gasteiger partial charge in [-0.25, -0.2) is 0 Å². The lowest BCUT2D eigenvalue weighted by Crippen LogP contribution is -2.37. The summed E-state index contributed by atoms with van der Waals surface area (Å²) in [7, 11) is 0. The van der Waals surface area contributed by atoms with E-state index in [1.54, 1.807) is 0 Å². The van der Waals surface area contributed by atoms with E-state index in [0.717, 1.165) is 12.8 Å². The summed E-state index contributed by atoms with van der Waals surface area (Å²) in [6.45, 7) is 4.79. The zero-order chi connectivity index (χ0) is 10.6. The Bertz CT molecular complexity index is 190. The minimum Gasteiger partial charge on any atom is -0.353 e. The van der Waals surface area contributed by atoms with E-state index in [2.05, 4.69) is 5.32 Å². The van der Waals surface area contributed by atoms with Crippen molar-refractivity contribution in [2.24, 2.45) is 17.6 Å². The van der Waals surface area contributed by atoms with Gasteiger partial charge < -0.3 is 11.1 Å². The average molecular weight is 198 g/mol. The second kappa shape index (κ2) is 5.35. The van der Waals surface area contributed by atoms with E-state index < -0.39 is 0 Å². The van der Waals surface area contributed by atoms with E-state index in [1.165, 1.54) is 12.8 Å². The fraction of sp³-hybridized carbons (Fsp3) is 0.909. The van der Waals surface area contributed by atoms with Crippen LogP contribution in [0.15, 0.2) is 0 Å². The predicted molar refractivity (Wildman–Crippen MR) is 57.8 cm³/mol. The van der Waals surface area contributed by atoms with Crippen LogP contribution in [0.4, 0.5) is 0 Å². The number of carbonyl (C=O) groups excluding carboxylic acids is 1. The van der Waals surface area contributed by atoms with Crippen LogP contribution in [0.3, 0.4) is 0 Å². The van der Waals surface area contributed by atoms with Crippen LogP contribution in [-0.2, 0) is 4.79 Å². The molecule has 0 radical (unpaired) electrons. The number of nitrogens with two attached hydrogens (primary N) is 1. The molecule has 2 atom stereocenters. The minimum atomic E-state index is 0.204. The van der Waals surface area contributed by atoms with Gasteiger partial charge in [0.2, 0.25) is 5.91 Å². The summed E-state index contributed by atoms with van der Waals surface area (Å²) >= 11 is 0. The quantitative estimate of drug-likeness (QED) is 0.675. The first-order chi connectivity index (χ1) is 6.65. The SMILES string of the molecule is CC(CCCN)NC(=O)C(C)C1CC1. The Balaban J connectivity index is 2.17. The first kappa shape index (κ1) is 11.5. The lowest BCUT2D eigenvalue weighted by Gasteiger charge is -2.16. The number of nitrogens with one attached hydrogen (secondary N) is 1. The predicted octanol–water partition coefficient (Wildman–Crippen LogP) is 1.28. The van der Waals surface area contributed by atoms with Gasteiger partial charge in [0.05, 0.1) is 0 Å². The van der Waals surface area contributed by atoms with E-state index >= 15 is 0 Å². The Hall–Kier alpha value is -0.570. The largest absolute Gasteiger partial charge is 0.353 e. The normalized spacial score (nSPS) is 20.2. The number of amides is 1. The molecule has 0 aliphatic heterocycles. The Kier molecular flexibility index (Phi) is 4.39. The minimum absolute atomic E-state index is 0.204. The van der Waals surface area contributed by atoms with Crippen molar-refractivity contribution in [2.75, 3.05) is 6.54 Å². The molecule has 1 fully saturated rings. The van der Waals surface area contributed by atoms with Gasteiger partial charge in [-0.1, -0.05) is 6.92 Å². The summed E-state index contributed by atoms with van der Waals surface area (Å²) in [4.78, 5) is 11.7. The molecule has 82 valence electrons. The molecule has 0 spiro atoms. The van der Waals surface area contributed by atoms with Crippen LogP contribution in [0.1, 0.15) is 39.5 Å². The van der Waals surface area contributed by atoms with Gasteiger partial charge in [0, 0.05) is 12.0 Å². The third-order valence-electron chi connectivity index (χ3n) is 2.97. The molecule has 1 saturated carbocycles. The van der Waals surface area contributed by atoms with Gasteiger partial charge >= 0.3 is 0 Å². The van der Waals surface area contributed by atoms with Crippen LogP contribution in [0.5, 0.6) is 0 Å². The van der Waals surface area contributed by atoms with Crippen molar-refractivity contribution >= 4 is 5.91 Å². The molecular weight excluding hydrogens is 176 g/mol. The lowest BCUT2D eigenvalue weighted by molar-refractivity contribution is -0.125. The molecule has 0 saturated heterocycles. The third-order valence-corrected chi connectivity index (χ3v) is 2.97. The van der Waals surface area contributed by atoms with Gasteiger partial charge in [-0.05, 0) is 45.1 Å². The molecule has 0 bridgehead atoms. The molecule has 0 aromatic rings. The van der Waals surface area contributed by atoms with E-state index in [9.17, 15) is 4.79 Å². The van der Waals surface area contributed by atoms with Crippen LogP contribution < -0.4 is 11.1 Å². The molecule has 1 rings (SSSR count).